The predicted molar refractivity (Wildman–Crippen MR) is 109 cm³/mol. The van der Waals surface area contributed by atoms with Crippen molar-refractivity contribution >= 4 is 17.7 Å². The second kappa shape index (κ2) is 8.25. The molecule has 0 unspecified atom stereocenters. The van der Waals surface area contributed by atoms with Gasteiger partial charge in [-0.15, -0.1) is 0 Å². The van der Waals surface area contributed by atoms with Crippen LogP contribution in [0.2, 0.25) is 0 Å². The summed E-state index contributed by atoms with van der Waals surface area (Å²) >= 11 is 0. The minimum atomic E-state index is -1.06. The summed E-state index contributed by atoms with van der Waals surface area (Å²) in [6, 6.07) is 5.19. The summed E-state index contributed by atoms with van der Waals surface area (Å²) in [4.78, 5) is 26.3. The van der Waals surface area contributed by atoms with Crippen molar-refractivity contribution in [2.24, 2.45) is 0 Å². The van der Waals surface area contributed by atoms with Crippen LogP contribution in [0, 0.1) is 13.8 Å². The lowest BCUT2D eigenvalue weighted by Gasteiger charge is -2.23. The molecule has 0 aliphatic carbocycles. The highest BCUT2D eigenvalue weighted by Gasteiger charge is 2.33. The minimum Gasteiger partial charge on any atom is -0.489 e. The molecule has 1 N–H and O–H groups in total. The van der Waals surface area contributed by atoms with Gasteiger partial charge < -0.3 is 29.0 Å². The number of rotatable bonds is 4. The first kappa shape index (κ1) is 21.5. The van der Waals surface area contributed by atoms with E-state index in [1.807, 2.05) is 34.6 Å². The van der Waals surface area contributed by atoms with Crippen molar-refractivity contribution < 1.29 is 28.3 Å². The van der Waals surface area contributed by atoms with Gasteiger partial charge in [0.2, 0.25) is 6.10 Å². The van der Waals surface area contributed by atoms with Gasteiger partial charge in [0.25, 0.3) is 5.91 Å². The molecule has 0 saturated heterocycles. The molecule has 0 fully saturated rings. The van der Waals surface area contributed by atoms with E-state index in [1.165, 1.54) is 4.90 Å². The van der Waals surface area contributed by atoms with Gasteiger partial charge in [0, 0.05) is 18.7 Å². The molecule has 0 bridgehead atoms. The summed E-state index contributed by atoms with van der Waals surface area (Å²) in [6.07, 6.45) is -1.73. The van der Waals surface area contributed by atoms with E-state index in [1.54, 1.807) is 25.2 Å². The van der Waals surface area contributed by atoms with Crippen LogP contribution in [0.4, 0.5) is 10.5 Å². The summed E-state index contributed by atoms with van der Waals surface area (Å²) < 4.78 is 22.0. The lowest BCUT2D eigenvalue weighted by Crippen LogP contribution is -2.46. The average molecular weight is 417 g/mol. The Morgan fingerprint density at radius 2 is 2.07 bits per heavy atom. The standard InChI is InChI=1S/C21H27N3O6/c1-12-15(13(2)30-23-12)10-27-14-7-8-17-16(9-14)24(6)19(25)18(11-28-17)29-20(26)22-21(3,4)5/h7-9,18H,10-11H2,1-6H3,(H,22,26)/t18-/m0/s1. The van der Waals surface area contributed by atoms with Gasteiger partial charge >= 0.3 is 6.09 Å². The molecular formula is C21H27N3O6. The molecule has 1 aliphatic rings. The molecule has 30 heavy (non-hydrogen) atoms. The molecule has 3 rings (SSSR count). The van der Waals surface area contributed by atoms with E-state index in [4.69, 9.17) is 18.7 Å². The highest BCUT2D eigenvalue weighted by atomic mass is 16.6. The molecular weight excluding hydrogens is 390 g/mol. The van der Waals surface area contributed by atoms with Crippen molar-refractivity contribution in [3.63, 3.8) is 0 Å². The Labute approximate surface area is 175 Å². The summed E-state index contributed by atoms with van der Waals surface area (Å²) in [5.74, 6) is 1.37. The maximum Gasteiger partial charge on any atom is 0.408 e. The van der Waals surface area contributed by atoms with Gasteiger partial charge in [-0.2, -0.15) is 0 Å². The molecule has 9 heteroatoms. The number of aromatic nitrogens is 1. The number of aryl methyl sites for hydroxylation is 2. The Hall–Kier alpha value is -3.23. The second-order valence-electron chi connectivity index (χ2n) is 8.20. The van der Waals surface area contributed by atoms with Gasteiger partial charge in [0.1, 0.15) is 30.5 Å². The van der Waals surface area contributed by atoms with Crippen LogP contribution in [0.5, 0.6) is 11.5 Å². The zero-order valence-electron chi connectivity index (χ0n) is 18.1. The number of ether oxygens (including phenoxy) is 3. The van der Waals surface area contributed by atoms with Gasteiger partial charge in [-0.25, -0.2) is 4.79 Å². The first-order valence-corrected chi connectivity index (χ1v) is 9.63. The van der Waals surface area contributed by atoms with E-state index < -0.39 is 17.7 Å². The van der Waals surface area contributed by atoms with Crippen LogP contribution in [0.15, 0.2) is 22.7 Å². The van der Waals surface area contributed by atoms with Crippen molar-refractivity contribution in [3.05, 3.63) is 35.2 Å². The molecule has 2 aromatic rings. The number of anilines is 1. The molecule has 1 atom stereocenters. The van der Waals surface area contributed by atoms with Crippen LogP contribution in [0.25, 0.3) is 0 Å². The Kier molecular flexibility index (Phi) is 5.91. The van der Waals surface area contributed by atoms with Crippen molar-refractivity contribution in [3.8, 4) is 11.5 Å². The van der Waals surface area contributed by atoms with Gasteiger partial charge in [-0.1, -0.05) is 5.16 Å². The topological polar surface area (TPSA) is 103 Å². The van der Waals surface area contributed by atoms with Gasteiger partial charge in [-0.05, 0) is 46.8 Å². The van der Waals surface area contributed by atoms with Crippen molar-refractivity contribution in [1.29, 1.82) is 0 Å². The molecule has 0 radical (unpaired) electrons. The SMILES string of the molecule is Cc1noc(C)c1COc1ccc2c(c1)N(C)C(=O)[C@@H](OC(=O)NC(C)(C)C)CO2. The smallest absolute Gasteiger partial charge is 0.408 e. The summed E-state index contributed by atoms with van der Waals surface area (Å²) in [6.45, 7) is 9.36. The number of nitrogens with one attached hydrogen (secondary N) is 1. The van der Waals surface area contributed by atoms with Crippen LogP contribution in [-0.4, -0.2) is 42.5 Å². The number of amides is 2. The Bertz CT molecular complexity index is 927. The zero-order chi connectivity index (χ0) is 22.1. The normalized spacial score (nSPS) is 16.4. The molecule has 1 aromatic carbocycles. The minimum absolute atomic E-state index is 0.0764. The van der Waals surface area contributed by atoms with Crippen molar-refractivity contribution in [1.82, 2.24) is 10.5 Å². The Morgan fingerprint density at radius 3 is 2.70 bits per heavy atom. The molecule has 162 valence electrons. The first-order valence-electron chi connectivity index (χ1n) is 9.63. The maximum absolute atomic E-state index is 12.8. The van der Waals surface area contributed by atoms with E-state index in [2.05, 4.69) is 10.5 Å². The molecule has 0 spiro atoms. The third-order valence-corrected chi connectivity index (χ3v) is 4.58. The largest absolute Gasteiger partial charge is 0.489 e. The number of likely N-dealkylation sites (N-methyl/N-ethyl adjacent to an activating group) is 1. The maximum atomic E-state index is 12.8. The summed E-state index contributed by atoms with van der Waals surface area (Å²) in [5.41, 5.74) is 1.70. The summed E-state index contributed by atoms with van der Waals surface area (Å²) in [5, 5.41) is 6.58. The van der Waals surface area contributed by atoms with Gasteiger partial charge in [0.05, 0.1) is 16.9 Å². The highest BCUT2D eigenvalue weighted by Crippen LogP contribution is 2.35. The van der Waals surface area contributed by atoms with E-state index in [0.29, 0.717) is 22.9 Å². The second-order valence-corrected chi connectivity index (χ2v) is 8.20. The molecule has 2 amide bonds. The van der Waals surface area contributed by atoms with Gasteiger partial charge in [0.15, 0.2) is 0 Å². The van der Waals surface area contributed by atoms with E-state index >= 15 is 0 Å². The number of carbonyl (C=O) groups is 2. The van der Waals surface area contributed by atoms with E-state index in [9.17, 15) is 9.59 Å². The van der Waals surface area contributed by atoms with E-state index in [0.717, 1.165) is 11.3 Å². The van der Waals surface area contributed by atoms with Crippen molar-refractivity contribution in [2.75, 3.05) is 18.6 Å². The average Bonchev–Trinajstić information content (AvgIpc) is 2.93. The Balaban J connectivity index is 1.72. The predicted octanol–water partition coefficient (Wildman–Crippen LogP) is 3.12. The molecule has 1 aliphatic heterocycles. The lowest BCUT2D eigenvalue weighted by atomic mass is 10.1. The number of benzene rings is 1. The molecule has 2 heterocycles. The van der Waals surface area contributed by atoms with Crippen LogP contribution < -0.4 is 19.7 Å². The highest BCUT2D eigenvalue weighted by molar-refractivity contribution is 5.99. The molecule has 9 nitrogen and oxygen atoms in total. The first-order chi connectivity index (χ1) is 14.0. The monoisotopic (exact) mass is 417 g/mol. The number of hydrogen-bond donors (Lipinski definition) is 1. The zero-order valence-corrected chi connectivity index (χ0v) is 18.1. The fourth-order valence-electron chi connectivity index (χ4n) is 2.96. The van der Waals surface area contributed by atoms with E-state index in [-0.39, 0.29) is 19.1 Å². The van der Waals surface area contributed by atoms with Gasteiger partial charge in [-0.3, -0.25) is 4.79 Å². The fraction of sp³-hybridized carbons (Fsp3) is 0.476. The van der Waals surface area contributed by atoms with Crippen LogP contribution >= 0.6 is 0 Å². The van der Waals surface area contributed by atoms with Crippen LogP contribution in [0.3, 0.4) is 0 Å². The third kappa shape index (κ3) is 4.84. The number of carbonyl (C=O) groups excluding carboxylic acids is 2. The molecule has 1 aromatic heterocycles. The van der Waals surface area contributed by atoms with Crippen LogP contribution in [0.1, 0.15) is 37.8 Å². The number of fused-ring (bicyclic) bond motifs is 1. The number of alkyl carbamates (subject to hydrolysis) is 1. The molecule has 0 saturated carbocycles. The number of nitrogens with zero attached hydrogens (tertiary/aromatic N) is 2. The van der Waals surface area contributed by atoms with Crippen molar-refractivity contribution in [2.45, 2.75) is 52.9 Å². The third-order valence-electron chi connectivity index (χ3n) is 4.58. The van der Waals surface area contributed by atoms with Crippen LogP contribution in [-0.2, 0) is 16.1 Å². The fourth-order valence-corrected chi connectivity index (χ4v) is 2.96. The Morgan fingerprint density at radius 1 is 1.33 bits per heavy atom. The quantitative estimate of drug-likeness (QED) is 0.815. The lowest BCUT2D eigenvalue weighted by molar-refractivity contribution is -0.127. The summed E-state index contributed by atoms with van der Waals surface area (Å²) in [7, 11) is 1.60. The number of hydrogen-bond acceptors (Lipinski definition) is 7.